The Morgan fingerprint density at radius 3 is 2.69 bits per heavy atom. The van der Waals surface area contributed by atoms with Gasteiger partial charge in [-0.1, -0.05) is 11.6 Å². The highest BCUT2D eigenvalue weighted by atomic mass is 35.5. The number of aldehydes is 1. The number of fused-ring (bicyclic) bond motifs is 1. The zero-order valence-electron chi connectivity index (χ0n) is 9.37. The maximum Gasteiger partial charge on any atom is 0.166 e. The molecule has 16 heavy (non-hydrogen) atoms. The van der Waals surface area contributed by atoms with Crippen molar-refractivity contribution in [3.8, 4) is 5.75 Å². The predicted octanol–water partition coefficient (Wildman–Crippen LogP) is 2.96. The highest BCUT2D eigenvalue weighted by Crippen LogP contribution is 2.36. The van der Waals surface area contributed by atoms with E-state index >= 15 is 0 Å². The van der Waals surface area contributed by atoms with Crippen molar-refractivity contribution >= 4 is 28.8 Å². The van der Waals surface area contributed by atoms with Crippen molar-refractivity contribution < 1.29 is 9.53 Å². The molecule has 0 aliphatic carbocycles. The molecule has 0 unspecified atom stereocenters. The van der Waals surface area contributed by atoms with Crippen LogP contribution in [-0.4, -0.2) is 18.0 Å². The molecule has 0 bridgehead atoms. The monoisotopic (exact) mass is 237 g/mol. The third-order valence-corrected chi connectivity index (χ3v) is 3.19. The molecule has 1 aromatic heterocycles. The van der Waals surface area contributed by atoms with Crippen LogP contribution in [0.5, 0.6) is 5.75 Å². The number of rotatable bonds is 2. The van der Waals surface area contributed by atoms with Crippen molar-refractivity contribution in [2.24, 2.45) is 7.05 Å². The standard InChI is InChI=1S/C12H12ClNO2/c1-7-9(6-15)14(2)12-10(16-3)5-4-8(13)11(7)12/h4-6H,1-3H3. The summed E-state index contributed by atoms with van der Waals surface area (Å²) in [6, 6.07) is 3.59. The van der Waals surface area contributed by atoms with Crippen LogP contribution in [0, 0.1) is 6.92 Å². The Morgan fingerprint density at radius 1 is 1.44 bits per heavy atom. The van der Waals surface area contributed by atoms with Gasteiger partial charge in [0, 0.05) is 12.4 Å². The van der Waals surface area contributed by atoms with Crippen molar-refractivity contribution in [3.05, 3.63) is 28.4 Å². The van der Waals surface area contributed by atoms with Gasteiger partial charge in [-0.3, -0.25) is 4.79 Å². The van der Waals surface area contributed by atoms with Crippen LogP contribution in [0.15, 0.2) is 12.1 Å². The number of hydrogen-bond donors (Lipinski definition) is 0. The highest BCUT2D eigenvalue weighted by Gasteiger charge is 2.17. The fraction of sp³-hybridized carbons (Fsp3) is 0.250. The molecular weight excluding hydrogens is 226 g/mol. The van der Waals surface area contributed by atoms with E-state index in [-0.39, 0.29) is 0 Å². The average Bonchev–Trinajstić information content (AvgIpc) is 2.53. The van der Waals surface area contributed by atoms with Crippen molar-refractivity contribution in [1.29, 1.82) is 0 Å². The van der Waals surface area contributed by atoms with Crippen LogP contribution in [0.3, 0.4) is 0 Å². The number of aromatic nitrogens is 1. The minimum Gasteiger partial charge on any atom is -0.495 e. The maximum absolute atomic E-state index is 11.0. The topological polar surface area (TPSA) is 31.2 Å². The summed E-state index contributed by atoms with van der Waals surface area (Å²) < 4.78 is 7.09. The molecule has 0 radical (unpaired) electrons. The van der Waals surface area contributed by atoms with E-state index in [9.17, 15) is 4.79 Å². The molecular formula is C12H12ClNO2. The van der Waals surface area contributed by atoms with Crippen LogP contribution in [0.2, 0.25) is 5.02 Å². The Labute approximate surface area is 98.6 Å². The molecule has 0 amide bonds. The van der Waals surface area contributed by atoms with Crippen LogP contribution in [0.1, 0.15) is 16.1 Å². The minimum atomic E-state index is 0.626. The number of halogens is 1. The third kappa shape index (κ3) is 1.32. The van der Waals surface area contributed by atoms with Crippen LogP contribution in [0.4, 0.5) is 0 Å². The molecule has 84 valence electrons. The van der Waals surface area contributed by atoms with Crippen molar-refractivity contribution in [2.45, 2.75) is 6.92 Å². The van der Waals surface area contributed by atoms with E-state index in [0.29, 0.717) is 10.7 Å². The van der Waals surface area contributed by atoms with E-state index < -0.39 is 0 Å². The van der Waals surface area contributed by atoms with Gasteiger partial charge < -0.3 is 9.30 Å². The third-order valence-electron chi connectivity index (χ3n) is 2.88. The Hall–Kier alpha value is -1.48. The SMILES string of the molecule is COc1ccc(Cl)c2c(C)c(C=O)n(C)c12. The summed E-state index contributed by atoms with van der Waals surface area (Å²) in [7, 11) is 3.43. The molecule has 0 fully saturated rings. The number of ether oxygens (including phenoxy) is 1. The fourth-order valence-corrected chi connectivity index (χ4v) is 2.36. The largest absolute Gasteiger partial charge is 0.495 e. The van der Waals surface area contributed by atoms with Gasteiger partial charge in [0.2, 0.25) is 0 Å². The van der Waals surface area contributed by atoms with E-state index in [1.165, 1.54) is 0 Å². The van der Waals surface area contributed by atoms with E-state index in [0.717, 1.165) is 28.5 Å². The van der Waals surface area contributed by atoms with Crippen LogP contribution in [0.25, 0.3) is 10.9 Å². The molecule has 0 N–H and O–H groups in total. The molecule has 2 rings (SSSR count). The van der Waals surface area contributed by atoms with Gasteiger partial charge in [-0.25, -0.2) is 0 Å². The molecule has 0 aliphatic rings. The van der Waals surface area contributed by atoms with Crippen LogP contribution < -0.4 is 4.74 Å². The quantitative estimate of drug-likeness (QED) is 0.752. The number of aryl methyl sites for hydroxylation is 2. The first-order chi connectivity index (χ1) is 7.61. The van der Waals surface area contributed by atoms with E-state index in [1.54, 1.807) is 19.2 Å². The lowest BCUT2D eigenvalue weighted by Crippen LogP contribution is -1.96. The van der Waals surface area contributed by atoms with E-state index in [2.05, 4.69) is 0 Å². The Balaban J connectivity index is 3.02. The van der Waals surface area contributed by atoms with Crippen molar-refractivity contribution in [1.82, 2.24) is 4.57 Å². The molecule has 1 heterocycles. The number of benzene rings is 1. The summed E-state index contributed by atoms with van der Waals surface area (Å²) in [5, 5.41) is 1.52. The second kappa shape index (κ2) is 3.83. The summed E-state index contributed by atoms with van der Waals surface area (Å²) in [6.45, 7) is 1.89. The molecule has 1 aromatic carbocycles. The van der Waals surface area contributed by atoms with E-state index in [1.807, 2.05) is 18.5 Å². The van der Waals surface area contributed by atoms with Crippen molar-refractivity contribution in [2.75, 3.05) is 7.11 Å². The molecule has 2 aromatic rings. The number of nitrogens with zero attached hydrogens (tertiary/aromatic N) is 1. The molecule has 0 saturated carbocycles. The zero-order valence-corrected chi connectivity index (χ0v) is 10.1. The molecule has 0 spiro atoms. The Kier molecular flexibility index (Phi) is 2.64. The van der Waals surface area contributed by atoms with Gasteiger partial charge in [0.15, 0.2) is 6.29 Å². The summed E-state index contributed by atoms with van der Waals surface area (Å²) in [5.74, 6) is 0.720. The normalized spacial score (nSPS) is 10.8. The lowest BCUT2D eigenvalue weighted by atomic mass is 10.1. The Bertz CT molecular complexity index is 572. The minimum absolute atomic E-state index is 0.626. The summed E-state index contributed by atoms with van der Waals surface area (Å²) in [4.78, 5) is 11.0. The summed E-state index contributed by atoms with van der Waals surface area (Å²) in [5.41, 5.74) is 2.37. The lowest BCUT2D eigenvalue weighted by molar-refractivity contribution is 0.111. The number of carbonyl (C=O) groups excluding carboxylic acids is 1. The summed E-state index contributed by atoms with van der Waals surface area (Å²) >= 11 is 6.15. The molecule has 3 nitrogen and oxygen atoms in total. The number of carbonyl (C=O) groups is 1. The number of hydrogen-bond acceptors (Lipinski definition) is 2. The number of methoxy groups -OCH3 is 1. The van der Waals surface area contributed by atoms with Crippen LogP contribution in [-0.2, 0) is 7.05 Å². The molecule has 0 atom stereocenters. The van der Waals surface area contributed by atoms with Gasteiger partial charge >= 0.3 is 0 Å². The van der Waals surface area contributed by atoms with Gasteiger partial charge in [-0.2, -0.15) is 0 Å². The maximum atomic E-state index is 11.0. The zero-order chi connectivity index (χ0) is 11.9. The second-order valence-electron chi connectivity index (χ2n) is 3.66. The van der Waals surface area contributed by atoms with Gasteiger partial charge in [0.1, 0.15) is 5.75 Å². The first kappa shape index (κ1) is 11.0. The van der Waals surface area contributed by atoms with Crippen LogP contribution >= 0.6 is 11.6 Å². The Morgan fingerprint density at radius 2 is 2.12 bits per heavy atom. The highest BCUT2D eigenvalue weighted by molar-refractivity contribution is 6.36. The van der Waals surface area contributed by atoms with Gasteiger partial charge in [0.25, 0.3) is 0 Å². The first-order valence-electron chi connectivity index (χ1n) is 4.88. The fourth-order valence-electron chi connectivity index (χ4n) is 2.07. The molecule has 0 aliphatic heterocycles. The van der Waals surface area contributed by atoms with E-state index in [4.69, 9.17) is 16.3 Å². The van der Waals surface area contributed by atoms with Gasteiger partial charge in [0.05, 0.1) is 23.3 Å². The molecule has 0 saturated heterocycles. The van der Waals surface area contributed by atoms with Crippen molar-refractivity contribution in [3.63, 3.8) is 0 Å². The van der Waals surface area contributed by atoms with Gasteiger partial charge in [-0.05, 0) is 24.6 Å². The average molecular weight is 238 g/mol. The lowest BCUT2D eigenvalue weighted by Gasteiger charge is -2.05. The smallest absolute Gasteiger partial charge is 0.166 e. The first-order valence-corrected chi connectivity index (χ1v) is 5.26. The second-order valence-corrected chi connectivity index (χ2v) is 4.07. The summed E-state index contributed by atoms with van der Waals surface area (Å²) in [6.07, 6.45) is 0.838. The van der Waals surface area contributed by atoms with Gasteiger partial charge in [-0.15, -0.1) is 0 Å². The molecule has 4 heteroatoms. The predicted molar refractivity (Wildman–Crippen MR) is 64.6 cm³/mol.